The maximum absolute atomic E-state index is 4.74. The van der Waals surface area contributed by atoms with Crippen LogP contribution in [0.25, 0.3) is 0 Å². The molecule has 1 aromatic heterocycles. The lowest BCUT2D eigenvalue weighted by atomic mass is 10.0. The maximum atomic E-state index is 4.74. The largest absolute Gasteiger partial charge is 0.308 e. The van der Waals surface area contributed by atoms with Crippen LogP contribution in [0.15, 0.2) is 5.38 Å². The molecule has 1 unspecified atom stereocenters. The average molecular weight is 240 g/mol. The third-order valence-corrected chi connectivity index (χ3v) is 3.62. The van der Waals surface area contributed by atoms with Crippen LogP contribution in [-0.4, -0.2) is 11.5 Å². The van der Waals surface area contributed by atoms with Gasteiger partial charge in [-0.1, -0.05) is 34.6 Å². The molecule has 0 aliphatic carbocycles. The van der Waals surface area contributed by atoms with Crippen LogP contribution < -0.4 is 5.32 Å². The second-order valence-corrected chi connectivity index (χ2v) is 5.83. The molecule has 0 spiro atoms. The number of hydrogen-bond donors (Lipinski definition) is 1. The average Bonchev–Trinajstić information content (AvgIpc) is 2.67. The molecule has 16 heavy (non-hydrogen) atoms. The summed E-state index contributed by atoms with van der Waals surface area (Å²) in [6.45, 7) is 12.2. The summed E-state index contributed by atoms with van der Waals surface area (Å²) < 4.78 is 0. The molecule has 1 atom stereocenters. The molecule has 0 amide bonds. The minimum absolute atomic E-state index is 0.414. The van der Waals surface area contributed by atoms with E-state index in [4.69, 9.17) is 4.98 Å². The summed E-state index contributed by atoms with van der Waals surface area (Å²) in [5.41, 5.74) is 1.23. The molecule has 0 saturated carbocycles. The van der Waals surface area contributed by atoms with Crippen molar-refractivity contribution in [3.8, 4) is 0 Å². The van der Waals surface area contributed by atoms with E-state index in [2.05, 4.69) is 45.3 Å². The summed E-state index contributed by atoms with van der Waals surface area (Å²) in [5.74, 6) is 1.13. The fraction of sp³-hybridized carbons (Fsp3) is 0.769. The molecule has 0 bridgehead atoms. The Morgan fingerprint density at radius 3 is 2.44 bits per heavy atom. The number of aromatic nitrogens is 1. The summed E-state index contributed by atoms with van der Waals surface area (Å²) in [4.78, 5) is 4.74. The van der Waals surface area contributed by atoms with Gasteiger partial charge in [-0.05, 0) is 24.8 Å². The summed E-state index contributed by atoms with van der Waals surface area (Å²) in [6.07, 6.45) is 1.17. The Morgan fingerprint density at radius 2 is 2.00 bits per heavy atom. The van der Waals surface area contributed by atoms with Crippen molar-refractivity contribution in [1.29, 1.82) is 0 Å². The highest BCUT2D eigenvalue weighted by Crippen LogP contribution is 2.27. The zero-order chi connectivity index (χ0) is 12.1. The summed E-state index contributed by atoms with van der Waals surface area (Å²) >= 11 is 1.79. The monoisotopic (exact) mass is 240 g/mol. The van der Waals surface area contributed by atoms with E-state index in [-0.39, 0.29) is 0 Å². The van der Waals surface area contributed by atoms with Crippen molar-refractivity contribution in [2.75, 3.05) is 6.54 Å². The Hall–Kier alpha value is -0.410. The molecule has 0 aromatic carbocycles. The smallest absolute Gasteiger partial charge is 0.110 e. The van der Waals surface area contributed by atoms with Crippen molar-refractivity contribution in [2.45, 2.75) is 53.0 Å². The van der Waals surface area contributed by atoms with Gasteiger partial charge in [-0.3, -0.25) is 0 Å². The van der Waals surface area contributed by atoms with Crippen LogP contribution in [0, 0.1) is 5.92 Å². The van der Waals surface area contributed by atoms with Gasteiger partial charge in [0.25, 0.3) is 0 Å². The van der Waals surface area contributed by atoms with Crippen LogP contribution >= 0.6 is 11.3 Å². The van der Waals surface area contributed by atoms with Gasteiger partial charge in [0.05, 0.1) is 11.7 Å². The van der Waals surface area contributed by atoms with Crippen molar-refractivity contribution in [1.82, 2.24) is 10.3 Å². The highest BCUT2D eigenvalue weighted by Gasteiger charge is 2.18. The highest BCUT2D eigenvalue weighted by molar-refractivity contribution is 7.09. The number of hydrogen-bond acceptors (Lipinski definition) is 3. The van der Waals surface area contributed by atoms with Gasteiger partial charge in [-0.15, -0.1) is 11.3 Å². The van der Waals surface area contributed by atoms with E-state index >= 15 is 0 Å². The lowest BCUT2D eigenvalue weighted by molar-refractivity contribution is 0.410. The molecule has 0 aliphatic rings. The fourth-order valence-electron chi connectivity index (χ4n) is 1.62. The maximum Gasteiger partial charge on any atom is 0.110 e. The Kier molecular flexibility index (Phi) is 5.42. The third kappa shape index (κ3) is 3.56. The molecular formula is C13H24N2S. The number of thiazole rings is 1. The van der Waals surface area contributed by atoms with Gasteiger partial charge in [-0.25, -0.2) is 4.98 Å². The van der Waals surface area contributed by atoms with Crippen LogP contribution in [0.4, 0.5) is 0 Å². The molecule has 0 aliphatic heterocycles. The van der Waals surface area contributed by atoms with Crippen LogP contribution in [0.1, 0.15) is 63.7 Å². The number of rotatable bonds is 6. The van der Waals surface area contributed by atoms with E-state index in [9.17, 15) is 0 Å². The van der Waals surface area contributed by atoms with Gasteiger partial charge in [0, 0.05) is 5.38 Å². The van der Waals surface area contributed by atoms with Crippen molar-refractivity contribution < 1.29 is 0 Å². The molecule has 1 heterocycles. The summed E-state index contributed by atoms with van der Waals surface area (Å²) in [7, 11) is 0. The molecule has 92 valence electrons. The lowest BCUT2D eigenvalue weighted by Gasteiger charge is -2.19. The van der Waals surface area contributed by atoms with Crippen LogP contribution in [0.5, 0.6) is 0 Å². The molecule has 0 fully saturated rings. The minimum atomic E-state index is 0.414. The SMILES string of the molecule is CCCNC(c1nc(C(C)C)cs1)C(C)C. The molecular weight excluding hydrogens is 216 g/mol. The summed E-state index contributed by atoms with van der Waals surface area (Å²) in [6, 6.07) is 0.414. The lowest BCUT2D eigenvalue weighted by Crippen LogP contribution is -2.26. The normalized spacial score (nSPS) is 13.7. The predicted molar refractivity (Wildman–Crippen MR) is 72.1 cm³/mol. The van der Waals surface area contributed by atoms with Gasteiger partial charge >= 0.3 is 0 Å². The van der Waals surface area contributed by atoms with Crippen LogP contribution in [0.3, 0.4) is 0 Å². The van der Waals surface area contributed by atoms with Gasteiger partial charge < -0.3 is 5.32 Å². The first kappa shape index (κ1) is 13.7. The van der Waals surface area contributed by atoms with Gasteiger partial charge in [0.15, 0.2) is 0 Å². The van der Waals surface area contributed by atoms with E-state index in [1.807, 2.05) is 0 Å². The van der Waals surface area contributed by atoms with Gasteiger partial charge in [0.1, 0.15) is 5.01 Å². The second-order valence-electron chi connectivity index (χ2n) is 4.94. The number of nitrogens with one attached hydrogen (secondary N) is 1. The number of nitrogens with zero attached hydrogens (tertiary/aromatic N) is 1. The second kappa shape index (κ2) is 6.36. The van der Waals surface area contributed by atoms with E-state index < -0.39 is 0 Å². The third-order valence-electron chi connectivity index (χ3n) is 2.68. The Morgan fingerprint density at radius 1 is 1.31 bits per heavy atom. The minimum Gasteiger partial charge on any atom is -0.308 e. The zero-order valence-electron chi connectivity index (χ0n) is 11.1. The van der Waals surface area contributed by atoms with Crippen molar-refractivity contribution in [2.24, 2.45) is 5.92 Å². The molecule has 1 N–H and O–H groups in total. The standard InChI is InChI=1S/C13H24N2S/c1-6-7-14-12(10(4)5)13-15-11(8-16-13)9(2)3/h8-10,12,14H,6-7H2,1-5H3. The summed E-state index contributed by atoms with van der Waals surface area (Å²) in [5, 5.41) is 7.03. The predicted octanol–water partition coefficient (Wildman–Crippen LogP) is 3.96. The van der Waals surface area contributed by atoms with Gasteiger partial charge in [-0.2, -0.15) is 0 Å². The topological polar surface area (TPSA) is 24.9 Å². The molecule has 1 aromatic rings. The molecule has 0 saturated heterocycles. The van der Waals surface area contributed by atoms with Gasteiger partial charge in [0.2, 0.25) is 0 Å². The van der Waals surface area contributed by atoms with E-state index in [1.54, 1.807) is 11.3 Å². The fourth-order valence-corrected chi connectivity index (χ4v) is 2.84. The van der Waals surface area contributed by atoms with Crippen molar-refractivity contribution in [3.05, 3.63) is 16.1 Å². The molecule has 3 heteroatoms. The first-order valence-electron chi connectivity index (χ1n) is 6.25. The molecule has 1 rings (SSSR count). The van der Waals surface area contributed by atoms with E-state index in [0.717, 1.165) is 6.54 Å². The van der Waals surface area contributed by atoms with Crippen LogP contribution in [0.2, 0.25) is 0 Å². The first-order valence-corrected chi connectivity index (χ1v) is 7.12. The van der Waals surface area contributed by atoms with Crippen molar-refractivity contribution >= 4 is 11.3 Å². The molecule has 0 radical (unpaired) electrons. The Bertz CT molecular complexity index is 305. The highest BCUT2D eigenvalue weighted by atomic mass is 32.1. The van der Waals surface area contributed by atoms with Crippen molar-refractivity contribution in [3.63, 3.8) is 0 Å². The Balaban J connectivity index is 2.76. The van der Waals surface area contributed by atoms with Crippen LogP contribution in [-0.2, 0) is 0 Å². The van der Waals surface area contributed by atoms with E-state index in [0.29, 0.717) is 17.9 Å². The zero-order valence-corrected chi connectivity index (χ0v) is 11.9. The quantitative estimate of drug-likeness (QED) is 0.814. The molecule has 2 nitrogen and oxygen atoms in total. The first-order chi connectivity index (χ1) is 7.56. The van der Waals surface area contributed by atoms with E-state index in [1.165, 1.54) is 17.1 Å². The Labute approximate surface area is 103 Å².